The first-order chi connectivity index (χ1) is 19.3. The van der Waals surface area contributed by atoms with Crippen molar-refractivity contribution >= 4 is 47.9 Å². The molecule has 1 aromatic carbocycles. The minimum atomic E-state index is -0.977. The van der Waals surface area contributed by atoms with Crippen molar-refractivity contribution in [1.29, 1.82) is 0 Å². The fourth-order valence-corrected chi connectivity index (χ4v) is 4.39. The van der Waals surface area contributed by atoms with Crippen molar-refractivity contribution in [1.82, 2.24) is 26.2 Å². The van der Waals surface area contributed by atoms with Gasteiger partial charge in [-0.3, -0.25) is 28.8 Å². The number of amides is 6. The van der Waals surface area contributed by atoms with Gasteiger partial charge in [0.2, 0.25) is 35.4 Å². The molecule has 1 unspecified atom stereocenters. The molecule has 0 aliphatic carbocycles. The molecule has 0 spiro atoms. The summed E-state index contributed by atoms with van der Waals surface area (Å²) in [6.45, 7) is 4.75. The van der Waals surface area contributed by atoms with E-state index >= 15 is 0 Å². The van der Waals surface area contributed by atoms with Crippen LogP contribution < -0.4 is 32.7 Å². The first-order valence-corrected chi connectivity index (χ1v) is 13.6. The fourth-order valence-electron chi connectivity index (χ4n) is 4.39. The molecule has 1 aliphatic rings. The number of phenolic OH excluding ortho intramolecular Hbond substituents is 1. The summed E-state index contributed by atoms with van der Waals surface area (Å²) in [5, 5.41) is 19.4. The van der Waals surface area contributed by atoms with Crippen molar-refractivity contribution in [2.24, 2.45) is 17.4 Å². The van der Waals surface area contributed by atoms with E-state index in [1.54, 1.807) is 12.1 Å². The summed E-state index contributed by atoms with van der Waals surface area (Å²) in [4.78, 5) is 75.8. The standard InChI is InChI=1S/C27H41N7O7.ClH/c1-15(2)11-20(26(40)30-13-22(29)36)33-27(41)21-5-4-10-34(21)23(37)14-31-24(38)16(3)32-25(39)19(28)12-17-6-8-18(35)9-7-17;/h6-9,15-16,19-21,35H,4-5,10-14,28H2,1-3H3,(H2,29,36)(H,30,40)(H,31,38)(H,32,39)(H,33,41);1H/t16-,19+,20?,21+;/m0./s1. The van der Waals surface area contributed by atoms with E-state index in [1.807, 2.05) is 13.8 Å². The molecule has 234 valence electrons. The lowest BCUT2D eigenvalue weighted by atomic mass is 10.0. The van der Waals surface area contributed by atoms with E-state index in [0.717, 1.165) is 5.56 Å². The number of carbonyl (C=O) groups is 6. The normalized spacial score (nSPS) is 16.4. The zero-order valence-corrected chi connectivity index (χ0v) is 24.9. The van der Waals surface area contributed by atoms with Gasteiger partial charge in [0.05, 0.1) is 19.1 Å². The maximum absolute atomic E-state index is 13.0. The lowest BCUT2D eigenvalue weighted by molar-refractivity contribution is -0.140. The number of carbonyl (C=O) groups excluding carboxylic acids is 6. The maximum atomic E-state index is 13.0. The van der Waals surface area contributed by atoms with Crippen LogP contribution in [0.4, 0.5) is 0 Å². The smallest absolute Gasteiger partial charge is 0.243 e. The molecule has 14 nitrogen and oxygen atoms in total. The van der Waals surface area contributed by atoms with Crippen molar-refractivity contribution in [2.45, 2.75) is 70.6 Å². The molecular weight excluding hydrogens is 570 g/mol. The number of rotatable bonds is 14. The molecule has 0 aromatic heterocycles. The highest BCUT2D eigenvalue weighted by molar-refractivity contribution is 5.95. The van der Waals surface area contributed by atoms with Crippen LogP contribution in [0.2, 0.25) is 0 Å². The third-order valence-corrected chi connectivity index (χ3v) is 6.55. The highest BCUT2D eigenvalue weighted by Crippen LogP contribution is 2.18. The average Bonchev–Trinajstić information content (AvgIpc) is 3.41. The summed E-state index contributed by atoms with van der Waals surface area (Å²) in [7, 11) is 0. The first kappa shape index (κ1) is 36.1. The summed E-state index contributed by atoms with van der Waals surface area (Å²) < 4.78 is 0. The van der Waals surface area contributed by atoms with Crippen LogP contribution in [0.3, 0.4) is 0 Å². The molecule has 0 saturated carbocycles. The molecule has 9 N–H and O–H groups in total. The van der Waals surface area contributed by atoms with Crippen molar-refractivity contribution in [2.75, 3.05) is 19.6 Å². The molecule has 0 bridgehead atoms. The van der Waals surface area contributed by atoms with Crippen LogP contribution in [-0.2, 0) is 35.2 Å². The molecule has 15 heteroatoms. The van der Waals surface area contributed by atoms with Gasteiger partial charge in [0.15, 0.2) is 0 Å². The molecule has 1 aromatic rings. The Kier molecular flexibility index (Phi) is 14.7. The monoisotopic (exact) mass is 611 g/mol. The van der Waals surface area contributed by atoms with E-state index in [4.69, 9.17) is 11.5 Å². The van der Waals surface area contributed by atoms with Crippen LogP contribution in [0.25, 0.3) is 0 Å². The summed E-state index contributed by atoms with van der Waals surface area (Å²) in [5.41, 5.74) is 11.8. The Morgan fingerprint density at radius 1 is 0.952 bits per heavy atom. The summed E-state index contributed by atoms with van der Waals surface area (Å²) in [6.07, 6.45) is 1.46. The van der Waals surface area contributed by atoms with Gasteiger partial charge in [-0.05, 0) is 56.2 Å². The second-order valence-electron chi connectivity index (χ2n) is 10.5. The Morgan fingerprint density at radius 3 is 2.17 bits per heavy atom. The lowest BCUT2D eigenvalue weighted by Crippen LogP contribution is -2.55. The number of aromatic hydroxyl groups is 1. The topological polar surface area (TPSA) is 226 Å². The fraction of sp³-hybridized carbons (Fsp3) is 0.556. The number of phenols is 1. The predicted molar refractivity (Wildman–Crippen MR) is 156 cm³/mol. The zero-order chi connectivity index (χ0) is 30.7. The summed E-state index contributed by atoms with van der Waals surface area (Å²) >= 11 is 0. The van der Waals surface area contributed by atoms with E-state index < -0.39 is 66.2 Å². The molecular formula is C27H42ClN7O7. The highest BCUT2D eigenvalue weighted by atomic mass is 35.5. The number of nitrogens with one attached hydrogen (secondary N) is 4. The molecule has 42 heavy (non-hydrogen) atoms. The molecule has 0 radical (unpaired) electrons. The SMILES string of the molecule is CC(C)CC(NC(=O)[C@H]1CCCN1C(=O)CNC(=O)[C@H](C)NC(=O)[C@H](N)Cc1ccc(O)cc1)C(=O)NCC(N)=O.Cl. The highest BCUT2D eigenvalue weighted by Gasteiger charge is 2.36. The number of hydrogen-bond acceptors (Lipinski definition) is 8. The van der Waals surface area contributed by atoms with Crippen molar-refractivity contribution < 1.29 is 33.9 Å². The van der Waals surface area contributed by atoms with Gasteiger partial charge >= 0.3 is 0 Å². The van der Waals surface area contributed by atoms with Crippen LogP contribution in [0.15, 0.2) is 24.3 Å². The summed E-state index contributed by atoms with van der Waals surface area (Å²) in [6, 6.07) is 2.59. The van der Waals surface area contributed by atoms with Gasteiger partial charge in [0, 0.05) is 6.54 Å². The van der Waals surface area contributed by atoms with Gasteiger partial charge in [-0.2, -0.15) is 0 Å². The van der Waals surface area contributed by atoms with E-state index in [0.29, 0.717) is 25.8 Å². The minimum Gasteiger partial charge on any atom is -0.508 e. The summed E-state index contributed by atoms with van der Waals surface area (Å²) in [5.74, 6) is -3.28. The Balaban J connectivity index is 0.00000882. The van der Waals surface area contributed by atoms with Gasteiger partial charge < -0.3 is 42.7 Å². The van der Waals surface area contributed by atoms with E-state index in [2.05, 4.69) is 21.3 Å². The molecule has 1 aliphatic heterocycles. The second kappa shape index (κ2) is 17.1. The van der Waals surface area contributed by atoms with Crippen molar-refractivity contribution in [3.63, 3.8) is 0 Å². The third kappa shape index (κ3) is 11.5. The predicted octanol–water partition coefficient (Wildman–Crippen LogP) is -1.57. The Bertz CT molecular complexity index is 1120. The van der Waals surface area contributed by atoms with Crippen LogP contribution in [-0.4, -0.2) is 89.3 Å². The van der Waals surface area contributed by atoms with Gasteiger partial charge in [-0.1, -0.05) is 26.0 Å². The molecule has 1 saturated heterocycles. The van der Waals surface area contributed by atoms with Gasteiger partial charge in [0.1, 0.15) is 23.9 Å². The number of halogens is 1. The van der Waals surface area contributed by atoms with Crippen LogP contribution in [0.1, 0.15) is 45.6 Å². The van der Waals surface area contributed by atoms with E-state index in [9.17, 15) is 33.9 Å². The van der Waals surface area contributed by atoms with E-state index in [1.165, 1.54) is 24.0 Å². The largest absolute Gasteiger partial charge is 0.508 e. The lowest BCUT2D eigenvalue weighted by Gasteiger charge is -2.27. The number of nitrogens with two attached hydrogens (primary N) is 2. The number of hydrogen-bond donors (Lipinski definition) is 7. The van der Waals surface area contributed by atoms with E-state index in [-0.39, 0.29) is 37.0 Å². The Hall–Kier alpha value is -3.91. The van der Waals surface area contributed by atoms with Gasteiger partial charge in [-0.15, -0.1) is 12.4 Å². The average molecular weight is 612 g/mol. The maximum Gasteiger partial charge on any atom is 0.243 e. The van der Waals surface area contributed by atoms with Crippen LogP contribution in [0, 0.1) is 5.92 Å². The minimum absolute atomic E-state index is 0. The number of benzene rings is 1. The number of nitrogens with zero attached hydrogens (tertiary/aromatic N) is 1. The third-order valence-electron chi connectivity index (χ3n) is 6.55. The zero-order valence-electron chi connectivity index (χ0n) is 24.1. The van der Waals surface area contributed by atoms with Gasteiger partial charge in [0.25, 0.3) is 0 Å². The Labute approximate surface area is 251 Å². The first-order valence-electron chi connectivity index (χ1n) is 13.6. The Morgan fingerprint density at radius 2 is 1.57 bits per heavy atom. The molecule has 1 heterocycles. The van der Waals surface area contributed by atoms with Crippen LogP contribution >= 0.6 is 12.4 Å². The quantitative estimate of drug-likeness (QED) is 0.130. The molecule has 2 rings (SSSR count). The van der Waals surface area contributed by atoms with Gasteiger partial charge in [-0.25, -0.2) is 0 Å². The molecule has 6 amide bonds. The molecule has 4 atom stereocenters. The second-order valence-corrected chi connectivity index (χ2v) is 10.5. The number of primary amides is 1. The number of likely N-dealkylation sites (tertiary alicyclic amines) is 1. The van der Waals surface area contributed by atoms with Crippen molar-refractivity contribution in [3.8, 4) is 5.75 Å². The molecule has 1 fully saturated rings. The van der Waals surface area contributed by atoms with Crippen molar-refractivity contribution in [3.05, 3.63) is 29.8 Å². The van der Waals surface area contributed by atoms with Crippen LogP contribution in [0.5, 0.6) is 5.75 Å².